The molecular formula is C14H28N2O3. The first-order valence-electron chi connectivity index (χ1n) is 7.37. The van der Waals surface area contributed by atoms with Crippen molar-refractivity contribution in [2.45, 2.75) is 45.8 Å². The first kappa shape index (κ1) is 16.4. The van der Waals surface area contributed by atoms with Gasteiger partial charge in [-0.1, -0.05) is 13.8 Å². The molecule has 1 fully saturated rings. The highest BCUT2D eigenvalue weighted by atomic mass is 16.5. The summed E-state index contributed by atoms with van der Waals surface area (Å²) in [7, 11) is 0. The molecule has 1 heterocycles. The van der Waals surface area contributed by atoms with E-state index in [2.05, 4.69) is 18.7 Å². The van der Waals surface area contributed by atoms with Crippen LogP contribution in [-0.2, 0) is 9.53 Å². The molecule has 0 aromatic rings. The molecule has 1 rings (SSSR count). The zero-order chi connectivity index (χ0) is 14.3. The summed E-state index contributed by atoms with van der Waals surface area (Å²) >= 11 is 0. The fourth-order valence-corrected chi connectivity index (χ4v) is 2.56. The van der Waals surface area contributed by atoms with E-state index in [9.17, 15) is 9.90 Å². The Morgan fingerprint density at radius 3 is 2.47 bits per heavy atom. The molecule has 5 nitrogen and oxygen atoms in total. The number of amides is 1. The van der Waals surface area contributed by atoms with Crippen molar-refractivity contribution in [3.63, 3.8) is 0 Å². The van der Waals surface area contributed by atoms with Crippen LogP contribution in [0, 0.1) is 0 Å². The molecule has 0 spiro atoms. The highest BCUT2D eigenvalue weighted by Crippen LogP contribution is 2.11. The van der Waals surface area contributed by atoms with Crippen molar-refractivity contribution < 1.29 is 14.6 Å². The summed E-state index contributed by atoms with van der Waals surface area (Å²) in [6, 6.07) is 0. The van der Waals surface area contributed by atoms with E-state index in [-0.39, 0.29) is 24.7 Å². The number of carbonyl (C=O) groups excluding carboxylic acids is 1. The lowest BCUT2D eigenvalue weighted by molar-refractivity contribution is -0.138. The third kappa shape index (κ3) is 5.47. The fraction of sp³-hybridized carbons (Fsp3) is 0.929. The van der Waals surface area contributed by atoms with Crippen LogP contribution >= 0.6 is 0 Å². The van der Waals surface area contributed by atoms with E-state index in [0.717, 1.165) is 32.5 Å². The molecule has 1 amide bonds. The van der Waals surface area contributed by atoms with Gasteiger partial charge in [0, 0.05) is 26.2 Å². The molecular weight excluding hydrogens is 244 g/mol. The van der Waals surface area contributed by atoms with Crippen LogP contribution in [0.5, 0.6) is 0 Å². The predicted octanol–water partition coefficient (Wildman–Crippen LogP) is 0.717. The molecule has 1 N–H and O–H groups in total. The molecule has 5 heteroatoms. The highest BCUT2D eigenvalue weighted by Gasteiger charge is 2.27. The standard InChI is InChI=1S/C14H28N2O3/c1-4-6-16(7-5-2)14(18)10-15-8-12(3)19-13(9-15)11-17/h12-13,17H,4-11H2,1-3H3. The highest BCUT2D eigenvalue weighted by molar-refractivity contribution is 5.78. The maximum atomic E-state index is 12.3. The lowest BCUT2D eigenvalue weighted by Crippen LogP contribution is -2.51. The van der Waals surface area contributed by atoms with Crippen molar-refractivity contribution in [3.8, 4) is 0 Å². The Hall–Kier alpha value is -0.650. The van der Waals surface area contributed by atoms with Gasteiger partial charge >= 0.3 is 0 Å². The van der Waals surface area contributed by atoms with Gasteiger partial charge in [-0.25, -0.2) is 0 Å². The first-order valence-corrected chi connectivity index (χ1v) is 7.37. The summed E-state index contributed by atoms with van der Waals surface area (Å²) in [5.74, 6) is 0.189. The van der Waals surface area contributed by atoms with Gasteiger partial charge in [0.15, 0.2) is 0 Å². The molecule has 1 aliphatic rings. The third-order valence-electron chi connectivity index (χ3n) is 3.30. The van der Waals surface area contributed by atoms with Gasteiger partial charge in [0.1, 0.15) is 0 Å². The Kier molecular flexibility index (Phi) is 7.34. The second kappa shape index (κ2) is 8.51. The smallest absolute Gasteiger partial charge is 0.236 e. The normalized spacial score (nSPS) is 24.4. The zero-order valence-corrected chi connectivity index (χ0v) is 12.5. The maximum Gasteiger partial charge on any atom is 0.236 e. The van der Waals surface area contributed by atoms with E-state index in [0.29, 0.717) is 13.1 Å². The number of nitrogens with zero attached hydrogens (tertiary/aromatic N) is 2. The first-order chi connectivity index (χ1) is 9.10. The average molecular weight is 272 g/mol. The van der Waals surface area contributed by atoms with Crippen molar-refractivity contribution in [3.05, 3.63) is 0 Å². The lowest BCUT2D eigenvalue weighted by atomic mass is 10.2. The predicted molar refractivity (Wildman–Crippen MR) is 75.0 cm³/mol. The van der Waals surface area contributed by atoms with Crippen LogP contribution in [-0.4, -0.2) is 72.4 Å². The van der Waals surface area contributed by atoms with Crippen molar-refractivity contribution in [1.29, 1.82) is 0 Å². The molecule has 0 aliphatic carbocycles. The van der Waals surface area contributed by atoms with Gasteiger partial charge < -0.3 is 14.7 Å². The molecule has 1 aliphatic heterocycles. The van der Waals surface area contributed by atoms with Crippen LogP contribution in [0.25, 0.3) is 0 Å². The Labute approximate surface area is 116 Å². The van der Waals surface area contributed by atoms with Gasteiger partial charge in [-0.05, 0) is 19.8 Å². The summed E-state index contributed by atoms with van der Waals surface area (Å²) in [6.45, 7) is 9.67. The van der Waals surface area contributed by atoms with Crippen LogP contribution in [0.4, 0.5) is 0 Å². The fourth-order valence-electron chi connectivity index (χ4n) is 2.56. The summed E-state index contributed by atoms with van der Waals surface area (Å²) < 4.78 is 5.59. The number of morpholine rings is 1. The number of carbonyl (C=O) groups is 1. The molecule has 0 aromatic heterocycles. The molecule has 112 valence electrons. The van der Waals surface area contributed by atoms with Crippen LogP contribution in [0.1, 0.15) is 33.6 Å². The Balaban J connectivity index is 2.49. The Bertz CT molecular complexity index is 267. The number of rotatable bonds is 7. The second-order valence-electron chi connectivity index (χ2n) is 5.33. The molecule has 0 bridgehead atoms. The van der Waals surface area contributed by atoms with E-state index >= 15 is 0 Å². The van der Waals surface area contributed by atoms with E-state index in [4.69, 9.17) is 4.74 Å². The van der Waals surface area contributed by atoms with Crippen molar-refractivity contribution in [1.82, 2.24) is 9.80 Å². The summed E-state index contributed by atoms with van der Waals surface area (Å²) in [4.78, 5) is 16.3. The van der Waals surface area contributed by atoms with Gasteiger partial charge in [-0.3, -0.25) is 9.69 Å². The summed E-state index contributed by atoms with van der Waals surface area (Å²) in [6.07, 6.45) is 1.89. The molecule has 2 atom stereocenters. The maximum absolute atomic E-state index is 12.3. The van der Waals surface area contributed by atoms with Gasteiger partial charge in [0.25, 0.3) is 0 Å². The number of ether oxygens (including phenoxy) is 1. The Morgan fingerprint density at radius 2 is 1.95 bits per heavy atom. The number of aliphatic hydroxyl groups is 1. The minimum absolute atomic E-state index is 0.0165. The van der Waals surface area contributed by atoms with Crippen molar-refractivity contribution in [2.75, 3.05) is 39.3 Å². The van der Waals surface area contributed by atoms with Gasteiger partial charge in [-0.15, -0.1) is 0 Å². The van der Waals surface area contributed by atoms with Crippen molar-refractivity contribution >= 4 is 5.91 Å². The largest absolute Gasteiger partial charge is 0.394 e. The number of hydrogen-bond donors (Lipinski definition) is 1. The van der Waals surface area contributed by atoms with Crippen molar-refractivity contribution in [2.24, 2.45) is 0 Å². The monoisotopic (exact) mass is 272 g/mol. The topological polar surface area (TPSA) is 53.0 Å². The van der Waals surface area contributed by atoms with E-state index in [1.54, 1.807) is 0 Å². The zero-order valence-electron chi connectivity index (χ0n) is 12.5. The van der Waals surface area contributed by atoms with Crippen LogP contribution < -0.4 is 0 Å². The van der Waals surface area contributed by atoms with Gasteiger partial charge in [0.2, 0.25) is 5.91 Å². The van der Waals surface area contributed by atoms with E-state index in [1.165, 1.54) is 0 Å². The third-order valence-corrected chi connectivity index (χ3v) is 3.30. The van der Waals surface area contributed by atoms with Gasteiger partial charge in [0.05, 0.1) is 25.4 Å². The summed E-state index contributed by atoms with van der Waals surface area (Å²) in [5.41, 5.74) is 0. The molecule has 0 aromatic carbocycles. The lowest BCUT2D eigenvalue weighted by Gasteiger charge is -2.36. The second-order valence-corrected chi connectivity index (χ2v) is 5.33. The molecule has 19 heavy (non-hydrogen) atoms. The van der Waals surface area contributed by atoms with Crippen LogP contribution in [0.15, 0.2) is 0 Å². The van der Waals surface area contributed by atoms with Gasteiger partial charge in [-0.2, -0.15) is 0 Å². The molecule has 2 unspecified atom stereocenters. The minimum Gasteiger partial charge on any atom is -0.394 e. The molecule has 0 radical (unpaired) electrons. The number of aliphatic hydroxyl groups excluding tert-OH is 1. The minimum atomic E-state index is -0.164. The van der Waals surface area contributed by atoms with Crippen LogP contribution in [0.2, 0.25) is 0 Å². The van der Waals surface area contributed by atoms with E-state index in [1.807, 2.05) is 11.8 Å². The summed E-state index contributed by atoms with van der Waals surface area (Å²) in [5, 5.41) is 9.19. The van der Waals surface area contributed by atoms with E-state index < -0.39 is 0 Å². The average Bonchev–Trinajstić information content (AvgIpc) is 2.37. The number of hydrogen-bond acceptors (Lipinski definition) is 4. The molecule has 1 saturated heterocycles. The SMILES string of the molecule is CCCN(CCC)C(=O)CN1CC(C)OC(CO)C1. The Morgan fingerprint density at radius 1 is 1.32 bits per heavy atom. The molecule has 0 saturated carbocycles. The van der Waals surface area contributed by atoms with Crippen LogP contribution in [0.3, 0.4) is 0 Å². The quantitative estimate of drug-likeness (QED) is 0.742.